The van der Waals surface area contributed by atoms with Crippen molar-refractivity contribution in [2.45, 2.75) is 26.3 Å². The van der Waals surface area contributed by atoms with Crippen molar-refractivity contribution in [3.63, 3.8) is 0 Å². The van der Waals surface area contributed by atoms with Crippen molar-refractivity contribution in [1.82, 2.24) is 0 Å². The third-order valence-electron chi connectivity index (χ3n) is 3.03. The largest absolute Gasteiger partial charge is 0.573 e. The van der Waals surface area contributed by atoms with Gasteiger partial charge in [-0.1, -0.05) is 6.07 Å². The predicted molar refractivity (Wildman–Crippen MR) is 65.8 cm³/mol. The van der Waals surface area contributed by atoms with E-state index in [9.17, 15) is 22.4 Å². The Balaban J connectivity index is 3.06. The average Bonchev–Trinajstić information content (AvgIpc) is 2.37. The van der Waals surface area contributed by atoms with Crippen molar-refractivity contribution in [2.75, 3.05) is 7.11 Å². The fraction of sp³-hybridized carbons (Fsp3) is 0.462. The summed E-state index contributed by atoms with van der Waals surface area (Å²) in [5, 5.41) is 0. The Kier molecular flexibility index (Phi) is 4.83. The van der Waals surface area contributed by atoms with Gasteiger partial charge in [-0.15, -0.1) is 13.2 Å². The first-order chi connectivity index (χ1) is 9.49. The van der Waals surface area contributed by atoms with Crippen LogP contribution in [0.2, 0.25) is 0 Å². The van der Waals surface area contributed by atoms with Gasteiger partial charge in [-0.2, -0.15) is 0 Å². The summed E-state index contributed by atoms with van der Waals surface area (Å²) in [6.45, 7) is 2.98. The van der Waals surface area contributed by atoms with E-state index in [1.165, 1.54) is 27.0 Å². The topological polar surface area (TPSA) is 61.5 Å². The summed E-state index contributed by atoms with van der Waals surface area (Å²) in [7, 11) is 1.18. The highest BCUT2D eigenvalue weighted by Gasteiger charge is 2.37. The molecule has 4 nitrogen and oxygen atoms in total. The normalized spacial score (nSPS) is 13.7. The molecule has 0 heterocycles. The van der Waals surface area contributed by atoms with Gasteiger partial charge < -0.3 is 15.2 Å². The number of carbonyl (C=O) groups excluding carboxylic acids is 1. The minimum Gasteiger partial charge on any atom is -0.469 e. The van der Waals surface area contributed by atoms with Crippen LogP contribution in [0.25, 0.3) is 0 Å². The molecule has 0 fully saturated rings. The van der Waals surface area contributed by atoms with Gasteiger partial charge in [-0.05, 0) is 31.5 Å². The number of esters is 1. The number of hydrogen-bond donors (Lipinski definition) is 1. The molecule has 1 rings (SSSR count). The molecule has 8 heteroatoms. The van der Waals surface area contributed by atoms with E-state index in [4.69, 9.17) is 5.73 Å². The molecule has 0 unspecified atom stereocenters. The van der Waals surface area contributed by atoms with Gasteiger partial charge in [0, 0.05) is 6.04 Å². The molecule has 0 aliphatic rings. The minimum absolute atomic E-state index is 0.150. The van der Waals surface area contributed by atoms with Gasteiger partial charge in [-0.25, -0.2) is 4.39 Å². The van der Waals surface area contributed by atoms with Gasteiger partial charge in [-0.3, -0.25) is 4.79 Å². The van der Waals surface area contributed by atoms with Crippen molar-refractivity contribution >= 4 is 5.97 Å². The quantitative estimate of drug-likeness (QED) is 0.686. The van der Waals surface area contributed by atoms with Crippen LogP contribution in [0, 0.1) is 11.2 Å². The number of hydrogen-bond acceptors (Lipinski definition) is 4. The number of rotatable bonds is 4. The number of halogens is 4. The lowest BCUT2D eigenvalue weighted by molar-refractivity contribution is -0.275. The van der Waals surface area contributed by atoms with E-state index in [-0.39, 0.29) is 5.56 Å². The number of carbonyl (C=O) groups is 1. The third-order valence-corrected chi connectivity index (χ3v) is 3.03. The zero-order chi connectivity index (χ0) is 16.4. The van der Waals surface area contributed by atoms with E-state index in [1.54, 1.807) is 0 Å². The lowest BCUT2D eigenvalue weighted by Crippen LogP contribution is -2.37. The molecule has 0 radical (unpaired) electrons. The molecule has 0 aliphatic carbocycles. The van der Waals surface area contributed by atoms with Gasteiger partial charge in [0.25, 0.3) is 0 Å². The molecule has 0 spiro atoms. The van der Waals surface area contributed by atoms with Crippen molar-refractivity contribution < 1.29 is 31.8 Å². The van der Waals surface area contributed by atoms with Crippen LogP contribution in [0.1, 0.15) is 25.5 Å². The van der Waals surface area contributed by atoms with Gasteiger partial charge in [0.05, 0.1) is 12.5 Å². The van der Waals surface area contributed by atoms with E-state index in [0.29, 0.717) is 0 Å². The summed E-state index contributed by atoms with van der Waals surface area (Å²) in [5.74, 6) is -2.80. The number of benzene rings is 1. The minimum atomic E-state index is -4.99. The van der Waals surface area contributed by atoms with Gasteiger partial charge in [0.15, 0.2) is 11.6 Å². The molecule has 0 saturated carbocycles. The summed E-state index contributed by atoms with van der Waals surface area (Å²) in [6, 6.07) is 1.82. The van der Waals surface area contributed by atoms with E-state index < -0.39 is 35.4 Å². The standard InChI is InChI=1S/C13H15F4NO3/c1-12(2,11(19)20-3)10(18)7-4-5-9(8(14)6-7)21-13(15,16)17/h4-6,10H,18H2,1-3H3/t10-/m1/s1. The molecule has 2 N–H and O–H groups in total. The predicted octanol–water partition coefficient (Wildman–Crippen LogP) is 2.92. The molecule has 1 aromatic carbocycles. The SMILES string of the molecule is COC(=O)C(C)(C)[C@H](N)c1ccc(OC(F)(F)F)c(F)c1. The Morgan fingerprint density at radius 2 is 1.86 bits per heavy atom. The smallest absolute Gasteiger partial charge is 0.469 e. The van der Waals surface area contributed by atoms with Crippen molar-refractivity contribution in [3.05, 3.63) is 29.6 Å². The Morgan fingerprint density at radius 1 is 1.29 bits per heavy atom. The second-order valence-electron chi connectivity index (χ2n) is 4.93. The molecular formula is C13H15F4NO3. The van der Waals surface area contributed by atoms with Gasteiger partial charge in [0.1, 0.15) is 0 Å². The number of ether oxygens (including phenoxy) is 2. The average molecular weight is 309 g/mol. The first-order valence-corrected chi connectivity index (χ1v) is 5.88. The van der Waals surface area contributed by atoms with Crippen LogP contribution >= 0.6 is 0 Å². The highest BCUT2D eigenvalue weighted by atomic mass is 19.4. The van der Waals surface area contributed by atoms with E-state index >= 15 is 0 Å². The third kappa shape index (κ3) is 4.07. The zero-order valence-corrected chi connectivity index (χ0v) is 11.6. The van der Waals surface area contributed by atoms with Crippen LogP contribution in [0.4, 0.5) is 17.6 Å². The zero-order valence-electron chi connectivity index (χ0n) is 11.6. The molecule has 0 aromatic heterocycles. The number of methoxy groups -OCH3 is 1. The highest BCUT2D eigenvalue weighted by Crippen LogP contribution is 2.35. The lowest BCUT2D eigenvalue weighted by atomic mass is 9.81. The molecule has 1 aromatic rings. The molecular weight excluding hydrogens is 294 g/mol. The van der Waals surface area contributed by atoms with Crippen LogP contribution < -0.4 is 10.5 Å². The summed E-state index contributed by atoms with van der Waals surface area (Å²) < 4.78 is 57.9. The summed E-state index contributed by atoms with van der Waals surface area (Å²) in [6.07, 6.45) is -4.99. The van der Waals surface area contributed by atoms with Crippen LogP contribution in [-0.4, -0.2) is 19.4 Å². The molecule has 0 amide bonds. The van der Waals surface area contributed by atoms with Crippen molar-refractivity contribution in [1.29, 1.82) is 0 Å². The van der Waals surface area contributed by atoms with Crippen LogP contribution in [0.3, 0.4) is 0 Å². The second-order valence-corrected chi connectivity index (χ2v) is 4.93. The van der Waals surface area contributed by atoms with Gasteiger partial charge in [0.2, 0.25) is 0 Å². The highest BCUT2D eigenvalue weighted by molar-refractivity contribution is 5.77. The summed E-state index contributed by atoms with van der Waals surface area (Å²) >= 11 is 0. The van der Waals surface area contributed by atoms with E-state index in [0.717, 1.165) is 12.1 Å². The second kappa shape index (κ2) is 5.88. The van der Waals surface area contributed by atoms with Crippen LogP contribution in [-0.2, 0) is 9.53 Å². The van der Waals surface area contributed by atoms with Crippen LogP contribution in [0.15, 0.2) is 18.2 Å². The Labute approximate surface area is 118 Å². The first kappa shape index (κ1) is 17.2. The summed E-state index contributed by atoms with van der Waals surface area (Å²) in [5.41, 5.74) is 4.84. The number of nitrogens with two attached hydrogens (primary N) is 1. The first-order valence-electron chi connectivity index (χ1n) is 5.88. The fourth-order valence-electron chi connectivity index (χ4n) is 1.72. The Morgan fingerprint density at radius 3 is 2.29 bits per heavy atom. The maximum absolute atomic E-state index is 13.6. The van der Waals surface area contributed by atoms with Crippen molar-refractivity contribution in [2.24, 2.45) is 11.1 Å². The number of alkyl halides is 3. The molecule has 1 atom stereocenters. The molecule has 0 saturated heterocycles. The Bertz CT molecular complexity index is 529. The molecule has 21 heavy (non-hydrogen) atoms. The van der Waals surface area contributed by atoms with Gasteiger partial charge >= 0.3 is 12.3 Å². The maximum atomic E-state index is 13.6. The molecule has 118 valence electrons. The monoisotopic (exact) mass is 309 g/mol. The Hall–Kier alpha value is -1.83. The molecule has 0 aliphatic heterocycles. The summed E-state index contributed by atoms with van der Waals surface area (Å²) in [4.78, 5) is 11.6. The van der Waals surface area contributed by atoms with E-state index in [1.807, 2.05) is 0 Å². The van der Waals surface area contributed by atoms with E-state index in [2.05, 4.69) is 9.47 Å². The van der Waals surface area contributed by atoms with Crippen LogP contribution in [0.5, 0.6) is 5.75 Å². The lowest BCUT2D eigenvalue weighted by Gasteiger charge is -2.29. The molecule has 0 bridgehead atoms. The maximum Gasteiger partial charge on any atom is 0.573 e. The van der Waals surface area contributed by atoms with Crippen molar-refractivity contribution in [3.8, 4) is 5.75 Å². The fourth-order valence-corrected chi connectivity index (χ4v) is 1.72.